The maximum Gasteiger partial charge on any atom is 0.278 e. The Bertz CT molecular complexity index is 1310. The topological polar surface area (TPSA) is 71.5 Å². The first-order valence-electron chi connectivity index (χ1n) is 8.72. The summed E-state index contributed by atoms with van der Waals surface area (Å²) in [5.74, 6) is 0. The lowest BCUT2D eigenvalue weighted by Crippen LogP contribution is -2.40. The molecule has 4 rings (SSSR count). The number of fused-ring (bicyclic) bond motifs is 3. The molecule has 0 saturated carbocycles. The van der Waals surface area contributed by atoms with E-state index in [1.165, 1.54) is 18.2 Å². The van der Waals surface area contributed by atoms with Crippen LogP contribution in [0, 0.1) is 20.8 Å². The Balaban J connectivity index is 2.12. The Kier molecular flexibility index (Phi) is 4.13. The third-order valence-corrected chi connectivity index (χ3v) is 9.16. The fourth-order valence-electron chi connectivity index (χ4n) is 3.53. The summed E-state index contributed by atoms with van der Waals surface area (Å²) in [5, 5.41) is 0. The number of anilines is 1. The van der Waals surface area contributed by atoms with E-state index in [4.69, 9.17) is 0 Å². The minimum Gasteiger partial charge on any atom is -0.200 e. The lowest BCUT2D eigenvalue weighted by Gasteiger charge is -2.33. The van der Waals surface area contributed by atoms with E-state index in [2.05, 4.69) is 0 Å². The zero-order valence-corrected chi connectivity index (χ0v) is 17.3. The van der Waals surface area contributed by atoms with Gasteiger partial charge in [0.25, 0.3) is 20.0 Å². The van der Waals surface area contributed by atoms with Crippen molar-refractivity contribution in [1.29, 1.82) is 0 Å². The number of nitrogens with zero attached hydrogens (tertiary/aromatic N) is 1. The molecule has 144 valence electrons. The van der Waals surface area contributed by atoms with Gasteiger partial charge in [-0.3, -0.25) is 0 Å². The van der Waals surface area contributed by atoms with Crippen molar-refractivity contribution in [3.63, 3.8) is 0 Å². The van der Waals surface area contributed by atoms with Crippen LogP contribution in [0.3, 0.4) is 0 Å². The predicted octanol–water partition coefficient (Wildman–Crippen LogP) is 4.18. The van der Waals surface area contributed by atoms with Crippen molar-refractivity contribution in [3.05, 3.63) is 77.4 Å². The fourth-order valence-corrected chi connectivity index (χ4v) is 7.57. The fraction of sp³-hybridized carbons (Fsp3) is 0.143. The van der Waals surface area contributed by atoms with E-state index in [-0.39, 0.29) is 15.5 Å². The Morgan fingerprint density at radius 1 is 0.786 bits per heavy atom. The lowest BCUT2D eigenvalue weighted by atomic mass is 9.96. The second-order valence-electron chi connectivity index (χ2n) is 6.94. The van der Waals surface area contributed by atoms with Gasteiger partial charge in [0.05, 0.1) is 15.5 Å². The third kappa shape index (κ3) is 2.57. The van der Waals surface area contributed by atoms with Gasteiger partial charge in [-0.2, -0.15) is 12.1 Å². The summed E-state index contributed by atoms with van der Waals surface area (Å²) in [6.45, 7) is 5.41. The van der Waals surface area contributed by atoms with Crippen LogP contribution in [0.15, 0.2) is 70.5 Å². The molecule has 0 radical (unpaired) electrons. The van der Waals surface area contributed by atoms with E-state index in [1.807, 2.05) is 19.9 Å². The molecule has 3 aromatic carbocycles. The molecule has 0 fully saturated rings. The quantitative estimate of drug-likeness (QED) is 0.632. The summed E-state index contributed by atoms with van der Waals surface area (Å²) in [5.41, 5.74) is 3.62. The van der Waals surface area contributed by atoms with Gasteiger partial charge < -0.3 is 0 Å². The van der Waals surface area contributed by atoms with Crippen molar-refractivity contribution in [2.75, 3.05) is 3.71 Å². The SMILES string of the molecule is Cc1ccc(S(=O)(=O)N2c3c(C)ccc(C)c3-c3ccccc3S2(=O)=O)cc1. The largest absolute Gasteiger partial charge is 0.278 e. The highest BCUT2D eigenvalue weighted by molar-refractivity contribution is 8.10. The first kappa shape index (κ1) is 18.7. The highest BCUT2D eigenvalue weighted by Crippen LogP contribution is 2.48. The number of rotatable bonds is 2. The molecule has 1 aliphatic heterocycles. The number of benzene rings is 3. The molecule has 1 aliphatic rings. The molecule has 0 bridgehead atoms. The van der Waals surface area contributed by atoms with E-state index in [0.29, 0.717) is 20.4 Å². The highest BCUT2D eigenvalue weighted by atomic mass is 32.3. The van der Waals surface area contributed by atoms with Crippen LogP contribution in [-0.2, 0) is 20.0 Å². The molecule has 7 heteroatoms. The summed E-state index contributed by atoms with van der Waals surface area (Å²) >= 11 is 0. The smallest absolute Gasteiger partial charge is 0.200 e. The van der Waals surface area contributed by atoms with Crippen LogP contribution in [0.4, 0.5) is 5.69 Å². The highest BCUT2D eigenvalue weighted by Gasteiger charge is 2.44. The number of sulfonamides is 2. The Morgan fingerprint density at radius 2 is 1.39 bits per heavy atom. The minimum absolute atomic E-state index is 0.00751. The maximum atomic E-state index is 13.5. The van der Waals surface area contributed by atoms with Gasteiger partial charge in [0.15, 0.2) is 0 Å². The Hall–Kier alpha value is -2.64. The third-order valence-electron chi connectivity index (χ3n) is 4.96. The van der Waals surface area contributed by atoms with Crippen LogP contribution >= 0.6 is 0 Å². The molecule has 0 atom stereocenters. The number of hydrogen-bond acceptors (Lipinski definition) is 4. The average molecular weight is 414 g/mol. The average Bonchev–Trinajstić information content (AvgIpc) is 2.64. The zero-order chi connectivity index (χ0) is 20.3. The summed E-state index contributed by atoms with van der Waals surface area (Å²) in [6, 6.07) is 16.3. The summed E-state index contributed by atoms with van der Waals surface area (Å²) in [4.78, 5) is -0.0696. The molecule has 1 heterocycles. The van der Waals surface area contributed by atoms with Crippen molar-refractivity contribution >= 4 is 25.7 Å². The van der Waals surface area contributed by atoms with E-state index >= 15 is 0 Å². The maximum absolute atomic E-state index is 13.5. The van der Waals surface area contributed by atoms with Gasteiger partial charge in [-0.25, -0.2) is 8.42 Å². The molecule has 0 amide bonds. The molecule has 0 saturated heterocycles. The van der Waals surface area contributed by atoms with Crippen LogP contribution in [0.5, 0.6) is 0 Å². The van der Waals surface area contributed by atoms with Gasteiger partial charge >= 0.3 is 0 Å². The molecule has 0 spiro atoms. The van der Waals surface area contributed by atoms with Gasteiger partial charge in [0.1, 0.15) is 0 Å². The van der Waals surface area contributed by atoms with Crippen molar-refractivity contribution in [1.82, 2.24) is 0 Å². The molecule has 0 unspecified atom stereocenters. The summed E-state index contributed by atoms with van der Waals surface area (Å²) < 4.78 is 54.5. The van der Waals surface area contributed by atoms with Crippen molar-refractivity contribution < 1.29 is 16.8 Å². The summed E-state index contributed by atoms with van der Waals surface area (Å²) in [6.07, 6.45) is 0. The number of hydrogen-bond donors (Lipinski definition) is 0. The van der Waals surface area contributed by atoms with Crippen LogP contribution in [0.25, 0.3) is 11.1 Å². The summed E-state index contributed by atoms with van der Waals surface area (Å²) in [7, 11) is -8.64. The van der Waals surface area contributed by atoms with Gasteiger partial charge in [0, 0.05) is 11.1 Å². The predicted molar refractivity (Wildman–Crippen MR) is 109 cm³/mol. The molecule has 3 aromatic rings. The second-order valence-corrected chi connectivity index (χ2v) is 10.7. The zero-order valence-electron chi connectivity index (χ0n) is 15.7. The monoisotopic (exact) mass is 413 g/mol. The molecular formula is C21H19NO4S2. The molecule has 5 nitrogen and oxygen atoms in total. The van der Waals surface area contributed by atoms with E-state index in [9.17, 15) is 16.8 Å². The van der Waals surface area contributed by atoms with E-state index in [1.54, 1.807) is 43.3 Å². The number of aryl methyl sites for hydroxylation is 3. The Labute approximate surface area is 165 Å². The van der Waals surface area contributed by atoms with Gasteiger partial charge in [-0.15, -0.1) is 0 Å². The molecule has 0 N–H and O–H groups in total. The normalized spacial score (nSPS) is 15.0. The van der Waals surface area contributed by atoms with Crippen LogP contribution in [0.1, 0.15) is 16.7 Å². The van der Waals surface area contributed by atoms with Crippen molar-refractivity contribution in [3.8, 4) is 11.1 Å². The Morgan fingerprint density at radius 3 is 2.07 bits per heavy atom. The van der Waals surface area contributed by atoms with Crippen LogP contribution in [-0.4, -0.2) is 16.8 Å². The van der Waals surface area contributed by atoms with Gasteiger partial charge in [0.2, 0.25) is 0 Å². The lowest BCUT2D eigenvalue weighted by molar-refractivity contribution is 0.583. The first-order valence-corrected chi connectivity index (χ1v) is 11.6. The van der Waals surface area contributed by atoms with Crippen molar-refractivity contribution in [2.45, 2.75) is 30.6 Å². The minimum atomic E-state index is -4.34. The van der Waals surface area contributed by atoms with Crippen LogP contribution in [0.2, 0.25) is 0 Å². The first-order chi connectivity index (χ1) is 13.2. The molecule has 0 aliphatic carbocycles. The van der Waals surface area contributed by atoms with Crippen molar-refractivity contribution in [2.24, 2.45) is 0 Å². The van der Waals surface area contributed by atoms with E-state index < -0.39 is 20.0 Å². The second kappa shape index (κ2) is 6.18. The molecule has 0 aromatic heterocycles. The standard InChI is InChI=1S/C21H19NO4S2/c1-14-8-12-17(13-9-14)27(23,24)22-21-16(3)11-10-15(2)20(21)18-6-4-5-7-19(18)28(22,25)26/h4-13H,1-3H3. The van der Waals surface area contributed by atoms with Gasteiger partial charge in [-0.05, 0) is 50.1 Å². The molecular weight excluding hydrogens is 394 g/mol. The molecule has 28 heavy (non-hydrogen) atoms. The van der Waals surface area contributed by atoms with Gasteiger partial charge in [-0.1, -0.05) is 48.0 Å². The van der Waals surface area contributed by atoms with E-state index in [0.717, 1.165) is 11.1 Å². The van der Waals surface area contributed by atoms with Crippen LogP contribution < -0.4 is 3.71 Å².